The molecule has 20 heavy (non-hydrogen) atoms. The number of benzene rings is 2. The SMILES string of the molecule is Cc1ccc(C)c(-c2cccc3c2OS(=O)(=O)NC3)c1. The Kier molecular flexibility index (Phi) is 3.03. The van der Waals surface area contributed by atoms with Gasteiger partial charge in [-0.25, -0.2) is 0 Å². The quantitative estimate of drug-likeness (QED) is 0.878. The summed E-state index contributed by atoms with van der Waals surface area (Å²) in [6, 6.07) is 11.8. The van der Waals surface area contributed by atoms with E-state index in [0.717, 1.165) is 27.8 Å². The maximum absolute atomic E-state index is 11.6. The second-order valence-corrected chi connectivity index (χ2v) is 6.33. The number of rotatable bonds is 1. The molecule has 3 rings (SSSR count). The van der Waals surface area contributed by atoms with E-state index in [-0.39, 0.29) is 6.54 Å². The molecule has 0 atom stereocenters. The average molecular weight is 289 g/mol. The first-order valence-electron chi connectivity index (χ1n) is 6.35. The molecule has 0 aromatic heterocycles. The van der Waals surface area contributed by atoms with Gasteiger partial charge in [0.1, 0.15) is 0 Å². The first kappa shape index (κ1) is 13.1. The zero-order chi connectivity index (χ0) is 14.3. The highest BCUT2D eigenvalue weighted by molar-refractivity contribution is 7.85. The van der Waals surface area contributed by atoms with E-state index in [1.807, 2.05) is 50.2 Å². The molecule has 0 spiro atoms. The van der Waals surface area contributed by atoms with Gasteiger partial charge in [-0.15, -0.1) is 0 Å². The van der Waals surface area contributed by atoms with Gasteiger partial charge in [0.05, 0.1) is 0 Å². The van der Waals surface area contributed by atoms with Crippen molar-refractivity contribution in [2.24, 2.45) is 0 Å². The van der Waals surface area contributed by atoms with E-state index >= 15 is 0 Å². The van der Waals surface area contributed by atoms with Crippen molar-refractivity contribution in [3.8, 4) is 16.9 Å². The number of para-hydroxylation sites is 1. The molecule has 2 aromatic rings. The topological polar surface area (TPSA) is 55.4 Å². The molecule has 0 unspecified atom stereocenters. The van der Waals surface area contributed by atoms with Gasteiger partial charge in [0.25, 0.3) is 0 Å². The van der Waals surface area contributed by atoms with Crippen molar-refractivity contribution in [1.82, 2.24) is 4.72 Å². The lowest BCUT2D eigenvalue weighted by Gasteiger charge is -2.21. The third-order valence-corrected chi connectivity index (χ3v) is 4.30. The summed E-state index contributed by atoms with van der Waals surface area (Å²) in [6.07, 6.45) is 0. The van der Waals surface area contributed by atoms with Crippen molar-refractivity contribution in [2.45, 2.75) is 20.4 Å². The van der Waals surface area contributed by atoms with Crippen molar-refractivity contribution in [3.63, 3.8) is 0 Å². The van der Waals surface area contributed by atoms with E-state index in [1.54, 1.807) is 0 Å². The van der Waals surface area contributed by atoms with E-state index in [9.17, 15) is 8.42 Å². The number of fused-ring (bicyclic) bond motifs is 1. The van der Waals surface area contributed by atoms with Crippen LogP contribution in [0.25, 0.3) is 11.1 Å². The normalized spacial score (nSPS) is 16.3. The molecule has 1 aliphatic heterocycles. The minimum absolute atomic E-state index is 0.260. The summed E-state index contributed by atoms with van der Waals surface area (Å²) < 4.78 is 30.8. The fourth-order valence-corrected chi connectivity index (χ4v) is 3.17. The van der Waals surface area contributed by atoms with Crippen LogP contribution in [0.4, 0.5) is 0 Å². The highest BCUT2D eigenvalue weighted by atomic mass is 32.2. The number of hydrogen-bond acceptors (Lipinski definition) is 3. The number of hydrogen-bond donors (Lipinski definition) is 1. The molecule has 2 aromatic carbocycles. The van der Waals surface area contributed by atoms with Gasteiger partial charge in [-0.2, -0.15) is 13.1 Å². The van der Waals surface area contributed by atoms with Gasteiger partial charge in [-0.3, -0.25) is 0 Å². The molecule has 0 saturated carbocycles. The monoisotopic (exact) mass is 289 g/mol. The van der Waals surface area contributed by atoms with Crippen molar-refractivity contribution < 1.29 is 12.6 Å². The Bertz CT molecular complexity index is 782. The predicted octanol–water partition coefficient (Wildman–Crippen LogP) is 2.70. The van der Waals surface area contributed by atoms with Crippen LogP contribution >= 0.6 is 0 Å². The van der Waals surface area contributed by atoms with Crippen LogP contribution in [0.15, 0.2) is 36.4 Å². The smallest absolute Gasteiger partial charge is 0.370 e. The van der Waals surface area contributed by atoms with E-state index in [4.69, 9.17) is 4.18 Å². The highest BCUT2D eigenvalue weighted by Crippen LogP contribution is 2.37. The van der Waals surface area contributed by atoms with Gasteiger partial charge in [-0.1, -0.05) is 42.0 Å². The average Bonchev–Trinajstić information content (AvgIpc) is 2.40. The Morgan fingerprint density at radius 3 is 2.70 bits per heavy atom. The Morgan fingerprint density at radius 2 is 1.90 bits per heavy atom. The first-order chi connectivity index (χ1) is 9.46. The Hall–Kier alpha value is -1.85. The summed E-state index contributed by atoms with van der Waals surface area (Å²) >= 11 is 0. The minimum atomic E-state index is -3.70. The van der Waals surface area contributed by atoms with Gasteiger partial charge >= 0.3 is 10.3 Å². The fourth-order valence-electron chi connectivity index (χ4n) is 2.37. The number of aryl methyl sites for hydroxylation is 2. The first-order valence-corrected chi connectivity index (χ1v) is 7.76. The second kappa shape index (κ2) is 4.61. The van der Waals surface area contributed by atoms with Gasteiger partial charge in [-0.05, 0) is 25.0 Å². The Balaban J connectivity index is 2.23. The molecule has 1 heterocycles. The zero-order valence-electron chi connectivity index (χ0n) is 11.3. The molecule has 5 heteroatoms. The summed E-state index contributed by atoms with van der Waals surface area (Å²) in [5.41, 5.74) is 4.87. The second-order valence-electron chi connectivity index (χ2n) is 4.97. The maximum Gasteiger partial charge on any atom is 0.382 e. The van der Waals surface area contributed by atoms with Crippen LogP contribution in [-0.2, 0) is 16.8 Å². The van der Waals surface area contributed by atoms with Crippen molar-refractivity contribution >= 4 is 10.3 Å². The lowest BCUT2D eigenvalue weighted by atomic mass is 9.96. The summed E-state index contributed by atoms with van der Waals surface area (Å²) in [4.78, 5) is 0. The molecule has 4 nitrogen and oxygen atoms in total. The van der Waals surface area contributed by atoms with Crippen LogP contribution < -0.4 is 8.91 Å². The molecule has 0 aliphatic carbocycles. The van der Waals surface area contributed by atoms with Crippen LogP contribution in [0, 0.1) is 13.8 Å². The molecule has 104 valence electrons. The van der Waals surface area contributed by atoms with Gasteiger partial charge < -0.3 is 4.18 Å². The van der Waals surface area contributed by atoms with E-state index in [2.05, 4.69) is 4.72 Å². The van der Waals surface area contributed by atoms with Crippen molar-refractivity contribution in [2.75, 3.05) is 0 Å². The van der Waals surface area contributed by atoms with Crippen LogP contribution in [0.5, 0.6) is 5.75 Å². The minimum Gasteiger partial charge on any atom is -0.370 e. The van der Waals surface area contributed by atoms with Gasteiger partial charge in [0, 0.05) is 17.7 Å². The maximum atomic E-state index is 11.6. The van der Waals surface area contributed by atoms with E-state index < -0.39 is 10.3 Å². The Labute approximate surface area is 118 Å². The van der Waals surface area contributed by atoms with Crippen molar-refractivity contribution in [3.05, 3.63) is 53.1 Å². The molecule has 1 aliphatic rings. The molecular formula is C15H15NO3S. The summed E-state index contributed by atoms with van der Waals surface area (Å²) in [5.74, 6) is 0.431. The molecule has 0 bridgehead atoms. The van der Waals surface area contributed by atoms with Crippen molar-refractivity contribution in [1.29, 1.82) is 0 Å². The fraction of sp³-hybridized carbons (Fsp3) is 0.200. The molecule has 0 radical (unpaired) electrons. The third-order valence-electron chi connectivity index (χ3n) is 3.41. The van der Waals surface area contributed by atoms with Crippen LogP contribution in [0.3, 0.4) is 0 Å². The standard InChI is InChI=1S/C15H15NO3S/c1-10-6-7-11(2)14(8-10)13-5-3-4-12-9-16-20(17,18)19-15(12)13/h3-8,16H,9H2,1-2H3. The largest absolute Gasteiger partial charge is 0.382 e. The van der Waals surface area contributed by atoms with Crippen LogP contribution in [0.1, 0.15) is 16.7 Å². The summed E-state index contributed by atoms with van der Waals surface area (Å²) in [7, 11) is -3.70. The van der Waals surface area contributed by atoms with Gasteiger partial charge in [0.2, 0.25) is 0 Å². The van der Waals surface area contributed by atoms with E-state index in [0.29, 0.717) is 5.75 Å². The van der Waals surface area contributed by atoms with E-state index in [1.165, 1.54) is 0 Å². The molecule has 1 N–H and O–H groups in total. The van der Waals surface area contributed by atoms with Crippen LogP contribution in [0.2, 0.25) is 0 Å². The lowest BCUT2D eigenvalue weighted by molar-refractivity contribution is 0.454. The Morgan fingerprint density at radius 1 is 1.10 bits per heavy atom. The van der Waals surface area contributed by atoms with Crippen LogP contribution in [-0.4, -0.2) is 8.42 Å². The lowest BCUT2D eigenvalue weighted by Crippen LogP contribution is -2.32. The molecule has 0 amide bonds. The predicted molar refractivity (Wildman–Crippen MR) is 77.7 cm³/mol. The summed E-state index contributed by atoms with van der Waals surface area (Å²) in [5, 5.41) is 0. The summed E-state index contributed by atoms with van der Waals surface area (Å²) in [6.45, 7) is 4.28. The number of nitrogens with one attached hydrogen (secondary N) is 1. The molecule has 0 saturated heterocycles. The highest BCUT2D eigenvalue weighted by Gasteiger charge is 2.25. The molecular weight excluding hydrogens is 274 g/mol. The van der Waals surface area contributed by atoms with Gasteiger partial charge in [0.15, 0.2) is 5.75 Å². The third kappa shape index (κ3) is 2.30. The zero-order valence-corrected chi connectivity index (χ0v) is 12.1. The molecule has 0 fully saturated rings.